The summed E-state index contributed by atoms with van der Waals surface area (Å²) in [6.45, 7) is 1.71. The molecule has 0 radical (unpaired) electrons. The van der Waals surface area contributed by atoms with E-state index in [-0.39, 0.29) is 5.91 Å². The minimum atomic E-state index is -0.312. The second kappa shape index (κ2) is 5.00. The molecule has 0 aliphatic rings. The van der Waals surface area contributed by atoms with E-state index < -0.39 is 0 Å². The predicted molar refractivity (Wildman–Crippen MR) is 69.1 cm³/mol. The number of para-hydroxylation sites is 1. The molecule has 1 aromatic carbocycles. The third-order valence-corrected chi connectivity index (χ3v) is 3.52. The summed E-state index contributed by atoms with van der Waals surface area (Å²) in [4.78, 5) is 12.3. The number of hydrogen-bond donors (Lipinski definition) is 1. The van der Waals surface area contributed by atoms with E-state index >= 15 is 0 Å². The van der Waals surface area contributed by atoms with Crippen molar-refractivity contribution < 1.29 is 4.79 Å². The fourth-order valence-corrected chi connectivity index (χ4v) is 2.27. The number of benzene rings is 1. The average Bonchev–Trinajstić information content (AvgIpc) is 2.70. The third-order valence-electron chi connectivity index (χ3n) is 2.06. The SMILES string of the molecule is Cc1nnsc1C(=O)Nc1c(Cl)cccc1Cl. The molecule has 2 rings (SSSR count). The molecule has 0 atom stereocenters. The van der Waals surface area contributed by atoms with Gasteiger partial charge >= 0.3 is 0 Å². The van der Waals surface area contributed by atoms with Gasteiger partial charge in [0.05, 0.1) is 21.4 Å². The van der Waals surface area contributed by atoms with Crippen molar-refractivity contribution in [2.75, 3.05) is 5.32 Å². The fourth-order valence-electron chi connectivity index (χ4n) is 1.23. The zero-order chi connectivity index (χ0) is 12.4. The lowest BCUT2D eigenvalue weighted by Crippen LogP contribution is -2.12. The summed E-state index contributed by atoms with van der Waals surface area (Å²) in [5, 5.41) is 7.19. The highest BCUT2D eigenvalue weighted by Crippen LogP contribution is 2.30. The Bertz CT molecular complexity index is 550. The summed E-state index contributed by atoms with van der Waals surface area (Å²) in [7, 11) is 0. The van der Waals surface area contributed by atoms with Crippen LogP contribution in [0.15, 0.2) is 18.2 Å². The van der Waals surface area contributed by atoms with Gasteiger partial charge in [-0.05, 0) is 30.6 Å². The van der Waals surface area contributed by atoms with Crippen molar-refractivity contribution in [2.24, 2.45) is 0 Å². The molecule has 7 heteroatoms. The molecule has 2 aromatic rings. The van der Waals surface area contributed by atoms with Crippen LogP contribution in [0.1, 0.15) is 15.4 Å². The Morgan fingerprint density at radius 1 is 1.35 bits per heavy atom. The van der Waals surface area contributed by atoms with Gasteiger partial charge in [-0.25, -0.2) is 0 Å². The van der Waals surface area contributed by atoms with Crippen LogP contribution in [0.3, 0.4) is 0 Å². The Labute approximate surface area is 112 Å². The minimum Gasteiger partial charge on any atom is -0.319 e. The summed E-state index contributed by atoms with van der Waals surface area (Å²) >= 11 is 12.9. The Morgan fingerprint density at radius 3 is 2.53 bits per heavy atom. The normalized spacial score (nSPS) is 10.3. The largest absolute Gasteiger partial charge is 0.319 e. The van der Waals surface area contributed by atoms with Gasteiger partial charge in [0.15, 0.2) is 0 Å². The smallest absolute Gasteiger partial charge is 0.269 e. The van der Waals surface area contributed by atoms with Crippen LogP contribution in [-0.4, -0.2) is 15.5 Å². The highest BCUT2D eigenvalue weighted by atomic mass is 35.5. The molecular formula is C10H7Cl2N3OS. The third kappa shape index (κ3) is 2.57. The number of amides is 1. The van der Waals surface area contributed by atoms with Crippen molar-refractivity contribution in [3.63, 3.8) is 0 Å². The second-order valence-electron chi connectivity index (χ2n) is 3.24. The number of carbonyl (C=O) groups is 1. The molecule has 17 heavy (non-hydrogen) atoms. The van der Waals surface area contributed by atoms with Crippen molar-refractivity contribution in [3.8, 4) is 0 Å². The Balaban J connectivity index is 2.28. The molecule has 0 aliphatic carbocycles. The van der Waals surface area contributed by atoms with E-state index in [1.165, 1.54) is 0 Å². The molecule has 0 fully saturated rings. The highest BCUT2D eigenvalue weighted by Gasteiger charge is 2.15. The topological polar surface area (TPSA) is 54.9 Å². The number of hydrogen-bond acceptors (Lipinski definition) is 4. The van der Waals surface area contributed by atoms with Crippen LogP contribution in [0.4, 0.5) is 5.69 Å². The molecule has 1 heterocycles. The lowest BCUT2D eigenvalue weighted by atomic mass is 10.3. The van der Waals surface area contributed by atoms with E-state index in [2.05, 4.69) is 14.9 Å². The van der Waals surface area contributed by atoms with Crippen LogP contribution in [0.2, 0.25) is 10.0 Å². The molecule has 1 amide bonds. The molecule has 4 nitrogen and oxygen atoms in total. The van der Waals surface area contributed by atoms with E-state index in [9.17, 15) is 4.79 Å². The van der Waals surface area contributed by atoms with Gasteiger partial charge in [-0.15, -0.1) is 5.10 Å². The summed E-state index contributed by atoms with van der Waals surface area (Å²) in [5.41, 5.74) is 0.976. The van der Waals surface area contributed by atoms with E-state index in [1.54, 1.807) is 25.1 Å². The number of aryl methyl sites for hydroxylation is 1. The zero-order valence-electron chi connectivity index (χ0n) is 8.70. The molecule has 0 unspecified atom stereocenters. The molecule has 0 spiro atoms. The highest BCUT2D eigenvalue weighted by molar-refractivity contribution is 7.08. The molecule has 1 N–H and O–H groups in total. The lowest BCUT2D eigenvalue weighted by Gasteiger charge is -2.07. The van der Waals surface area contributed by atoms with Crippen molar-refractivity contribution >= 4 is 46.3 Å². The maximum Gasteiger partial charge on any atom is 0.269 e. The van der Waals surface area contributed by atoms with Crippen LogP contribution < -0.4 is 5.32 Å². The Kier molecular flexibility index (Phi) is 3.61. The molecule has 88 valence electrons. The maximum absolute atomic E-state index is 11.9. The first-order chi connectivity index (χ1) is 8.09. The standard InChI is InChI=1S/C10H7Cl2N3OS/c1-5-9(17-15-14-5)10(16)13-8-6(11)3-2-4-7(8)12/h2-4H,1H3,(H,13,16). The van der Waals surface area contributed by atoms with Gasteiger partial charge in [0.2, 0.25) is 0 Å². The van der Waals surface area contributed by atoms with Gasteiger partial charge in [0, 0.05) is 0 Å². The maximum atomic E-state index is 11.9. The van der Waals surface area contributed by atoms with Crippen LogP contribution in [0, 0.1) is 6.92 Å². The number of anilines is 1. The molecular weight excluding hydrogens is 281 g/mol. The van der Waals surface area contributed by atoms with Gasteiger partial charge in [-0.2, -0.15) is 0 Å². The van der Waals surface area contributed by atoms with Gasteiger partial charge in [0.25, 0.3) is 5.91 Å². The predicted octanol–water partition coefficient (Wildman–Crippen LogP) is 3.41. The van der Waals surface area contributed by atoms with E-state index in [4.69, 9.17) is 23.2 Å². The fraction of sp³-hybridized carbons (Fsp3) is 0.100. The van der Waals surface area contributed by atoms with Gasteiger partial charge < -0.3 is 5.32 Å². The van der Waals surface area contributed by atoms with Crippen LogP contribution in [0.25, 0.3) is 0 Å². The second-order valence-corrected chi connectivity index (χ2v) is 4.81. The molecule has 0 bridgehead atoms. The first kappa shape index (κ1) is 12.3. The van der Waals surface area contributed by atoms with Gasteiger partial charge in [0.1, 0.15) is 4.88 Å². The summed E-state index contributed by atoms with van der Waals surface area (Å²) in [6.07, 6.45) is 0. The van der Waals surface area contributed by atoms with Crippen molar-refractivity contribution in [3.05, 3.63) is 38.8 Å². The van der Waals surface area contributed by atoms with E-state index in [0.29, 0.717) is 26.3 Å². The monoisotopic (exact) mass is 287 g/mol. The van der Waals surface area contributed by atoms with Crippen molar-refractivity contribution in [2.45, 2.75) is 6.92 Å². The lowest BCUT2D eigenvalue weighted by molar-refractivity contribution is 0.103. The average molecular weight is 288 g/mol. The molecule has 0 saturated carbocycles. The minimum absolute atomic E-state index is 0.312. The van der Waals surface area contributed by atoms with Crippen molar-refractivity contribution in [1.29, 1.82) is 0 Å². The molecule has 0 aliphatic heterocycles. The summed E-state index contributed by atoms with van der Waals surface area (Å²) < 4.78 is 3.69. The number of nitrogens with one attached hydrogen (secondary N) is 1. The summed E-state index contributed by atoms with van der Waals surface area (Å²) in [5.74, 6) is -0.312. The summed E-state index contributed by atoms with van der Waals surface area (Å²) in [6, 6.07) is 5.02. The number of rotatable bonds is 2. The quantitative estimate of drug-likeness (QED) is 0.921. The van der Waals surface area contributed by atoms with Gasteiger partial charge in [-0.3, -0.25) is 4.79 Å². The van der Waals surface area contributed by atoms with Crippen LogP contribution >= 0.6 is 34.7 Å². The molecule has 1 aromatic heterocycles. The van der Waals surface area contributed by atoms with E-state index in [0.717, 1.165) is 11.5 Å². The Morgan fingerprint density at radius 2 is 2.00 bits per heavy atom. The van der Waals surface area contributed by atoms with E-state index in [1.807, 2.05) is 0 Å². The first-order valence-electron chi connectivity index (χ1n) is 4.64. The van der Waals surface area contributed by atoms with Crippen LogP contribution in [0.5, 0.6) is 0 Å². The number of aromatic nitrogens is 2. The number of halogens is 2. The Hall–Kier alpha value is -1.17. The van der Waals surface area contributed by atoms with Crippen LogP contribution in [-0.2, 0) is 0 Å². The first-order valence-corrected chi connectivity index (χ1v) is 6.17. The number of nitrogens with zero attached hydrogens (tertiary/aromatic N) is 2. The molecule has 0 saturated heterocycles. The van der Waals surface area contributed by atoms with Crippen molar-refractivity contribution in [1.82, 2.24) is 9.59 Å². The van der Waals surface area contributed by atoms with Gasteiger partial charge in [-0.1, -0.05) is 33.8 Å². The number of carbonyl (C=O) groups excluding carboxylic acids is 1. The zero-order valence-corrected chi connectivity index (χ0v) is 11.0.